The minimum absolute atomic E-state index is 0.132. The summed E-state index contributed by atoms with van der Waals surface area (Å²) in [4.78, 5) is 32.9. The molecule has 0 saturated heterocycles. The van der Waals surface area contributed by atoms with Gasteiger partial charge in [-0.3, -0.25) is 19.1 Å². The summed E-state index contributed by atoms with van der Waals surface area (Å²) in [6.07, 6.45) is 1.48. The van der Waals surface area contributed by atoms with Crippen LogP contribution in [0.5, 0.6) is 5.75 Å². The van der Waals surface area contributed by atoms with Crippen LogP contribution in [0.25, 0.3) is 22.2 Å². The van der Waals surface area contributed by atoms with Crippen molar-refractivity contribution in [2.24, 2.45) is 7.05 Å². The van der Waals surface area contributed by atoms with E-state index in [1.807, 2.05) is 6.07 Å². The molecule has 0 bridgehead atoms. The molecule has 0 fully saturated rings. The molecule has 0 aliphatic carbocycles. The Bertz CT molecular complexity index is 1130. The summed E-state index contributed by atoms with van der Waals surface area (Å²) in [6, 6.07) is 7.10. The number of anilines is 2. The molecular formula is C18H17N5O3. The average molecular weight is 351 g/mol. The number of rotatable bonds is 1. The van der Waals surface area contributed by atoms with Gasteiger partial charge in [0.15, 0.2) is 5.60 Å². The van der Waals surface area contributed by atoms with Gasteiger partial charge in [0, 0.05) is 18.8 Å². The Balaban J connectivity index is 1.82. The number of amides is 1. The van der Waals surface area contributed by atoms with Gasteiger partial charge in [0.1, 0.15) is 5.75 Å². The van der Waals surface area contributed by atoms with Crippen LogP contribution in [0.2, 0.25) is 0 Å². The van der Waals surface area contributed by atoms with Crippen LogP contribution >= 0.6 is 0 Å². The van der Waals surface area contributed by atoms with Crippen molar-refractivity contribution in [1.29, 1.82) is 0 Å². The van der Waals surface area contributed by atoms with E-state index in [4.69, 9.17) is 10.5 Å². The lowest BCUT2D eigenvalue weighted by Gasteiger charge is -2.31. The lowest BCUT2D eigenvalue weighted by Crippen LogP contribution is -2.45. The summed E-state index contributed by atoms with van der Waals surface area (Å²) >= 11 is 0. The minimum atomic E-state index is -0.919. The zero-order valence-corrected chi connectivity index (χ0v) is 14.5. The van der Waals surface area contributed by atoms with Gasteiger partial charge < -0.3 is 15.8 Å². The topological polar surface area (TPSA) is 112 Å². The van der Waals surface area contributed by atoms with Gasteiger partial charge in [-0.15, -0.1) is 0 Å². The molecule has 1 amide bonds. The fourth-order valence-corrected chi connectivity index (χ4v) is 2.81. The molecule has 2 aromatic heterocycles. The summed E-state index contributed by atoms with van der Waals surface area (Å²) in [7, 11) is 1.56. The monoisotopic (exact) mass is 351 g/mol. The van der Waals surface area contributed by atoms with Crippen molar-refractivity contribution < 1.29 is 9.53 Å². The van der Waals surface area contributed by atoms with Crippen molar-refractivity contribution >= 4 is 28.4 Å². The van der Waals surface area contributed by atoms with E-state index >= 15 is 0 Å². The van der Waals surface area contributed by atoms with Crippen LogP contribution < -0.4 is 21.3 Å². The highest BCUT2D eigenvalue weighted by Crippen LogP contribution is 2.36. The molecule has 0 spiro atoms. The summed E-state index contributed by atoms with van der Waals surface area (Å²) < 4.78 is 7.01. The lowest BCUT2D eigenvalue weighted by molar-refractivity contribution is -0.129. The normalized spacial score (nSPS) is 15.3. The van der Waals surface area contributed by atoms with E-state index in [9.17, 15) is 9.59 Å². The standard InChI is InChI=1S/C18H17N5O3/c1-18(2)16(25)21-13-6-9(4-5-14(13)26-18)11-7-12-10(8-20-11)15(24)23(3)17(19)22-12/h4-8H,1-3H3,(H2,19,22)(H,21,25). The largest absolute Gasteiger partial charge is 0.476 e. The van der Waals surface area contributed by atoms with E-state index in [-0.39, 0.29) is 17.4 Å². The number of pyridine rings is 1. The first-order valence-electron chi connectivity index (χ1n) is 8.03. The second-order valence-electron chi connectivity index (χ2n) is 6.70. The highest BCUT2D eigenvalue weighted by Gasteiger charge is 2.35. The number of nitrogen functional groups attached to an aromatic ring is 1. The van der Waals surface area contributed by atoms with Crippen LogP contribution in [0, 0.1) is 0 Å². The molecule has 1 aliphatic heterocycles. The molecule has 0 radical (unpaired) electrons. The number of ether oxygens (including phenoxy) is 1. The third-order valence-corrected chi connectivity index (χ3v) is 4.43. The molecule has 8 nitrogen and oxygen atoms in total. The second-order valence-corrected chi connectivity index (χ2v) is 6.70. The molecule has 0 unspecified atom stereocenters. The van der Waals surface area contributed by atoms with Crippen LogP contribution in [0.15, 0.2) is 35.3 Å². The first-order valence-corrected chi connectivity index (χ1v) is 8.03. The Kier molecular flexibility index (Phi) is 3.27. The zero-order chi connectivity index (χ0) is 18.6. The summed E-state index contributed by atoms with van der Waals surface area (Å²) in [5, 5.41) is 3.23. The fourth-order valence-electron chi connectivity index (χ4n) is 2.81. The van der Waals surface area contributed by atoms with Gasteiger partial charge in [0.05, 0.1) is 22.3 Å². The molecule has 0 saturated carbocycles. The molecule has 3 aromatic rings. The van der Waals surface area contributed by atoms with Gasteiger partial charge in [-0.25, -0.2) is 4.98 Å². The molecule has 132 valence electrons. The second kappa shape index (κ2) is 5.29. The fraction of sp³-hybridized carbons (Fsp3) is 0.222. The number of nitrogens with two attached hydrogens (primary N) is 1. The third-order valence-electron chi connectivity index (χ3n) is 4.43. The van der Waals surface area contributed by atoms with Crippen molar-refractivity contribution in [3.05, 3.63) is 40.8 Å². The molecule has 0 atom stereocenters. The Morgan fingerprint density at radius 3 is 2.77 bits per heavy atom. The lowest BCUT2D eigenvalue weighted by atomic mass is 10.0. The minimum Gasteiger partial charge on any atom is -0.476 e. The molecule has 1 aliphatic rings. The number of carbonyl (C=O) groups is 1. The van der Waals surface area contributed by atoms with E-state index in [1.54, 1.807) is 39.1 Å². The van der Waals surface area contributed by atoms with E-state index in [2.05, 4.69) is 15.3 Å². The summed E-state index contributed by atoms with van der Waals surface area (Å²) in [6.45, 7) is 3.42. The van der Waals surface area contributed by atoms with Crippen molar-refractivity contribution in [3.63, 3.8) is 0 Å². The third kappa shape index (κ3) is 2.38. The van der Waals surface area contributed by atoms with Crippen LogP contribution in [0.1, 0.15) is 13.8 Å². The summed E-state index contributed by atoms with van der Waals surface area (Å²) in [5.41, 5.74) is 7.02. The number of nitrogens with one attached hydrogen (secondary N) is 1. The number of hydrogen-bond acceptors (Lipinski definition) is 6. The average Bonchev–Trinajstić information content (AvgIpc) is 2.60. The highest BCUT2D eigenvalue weighted by atomic mass is 16.5. The SMILES string of the molecule is Cn1c(N)nc2cc(-c3ccc4c(c3)NC(=O)C(C)(C)O4)ncc2c1=O. The first-order chi connectivity index (χ1) is 12.3. The molecular weight excluding hydrogens is 334 g/mol. The predicted molar refractivity (Wildman–Crippen MR) is 98.0 cm³/mol. The van der Waals surface area contributed by atoms with Gasteiger partial charge >= 0.3 is 0 Å². The summed E-state index contributed by atoms with van der Waals surface area (Å²) in [5.74, 6) is 0.509. The van der Waals surface area contributed by atoms with Gasteiger partial charge in [-0.05, 0) is 38.1 Å². The molecule has 8 heteroatoms. The van der Waals surface area contributed by atoms with Crippen molar-refractivity contribution in [3.8, 4) is 17.0 Å². The van der Waals surface area contributed by atoms with Crippen LogP contribution in [-0.4, -0.2) is 26.0 Å². The Labute approximate surface area is 148 Å². The maximum Gasteiger partial charge on any atom is 0.268 e. The first kappa shape index (κ1) is 16.1. The van der Waals surface area contributed by atoms with Crippen molar-refractivity contribution in [2.75, 3.05) is 11.1 Å². The number of nitrogens with zero attached hydrogens (tertiary/aromatic N) is 3. The van der Waals surface area contributed by atoms with Gasteiger partial charge in [-0.2, -0.15) is 0 Å². The van der Waals surface area contributed by atoms with E-state index in [1.165, 1.54) is 10.8 Å². The zero-order valence-electron chi connectivity index (χ0n) is 14.5. The Hall–Kier alpha value is -3.42. The maximum absolute atomic E-state index is 12.2. The van der Waals surface area contributed by atoms with Gasteiger partial charge in [-0.1, -0.05) is 0 Å². The number of benzene rings is 1. The van der Waals surface area contributed by atoms with E-state index < -0.39 is 5.60 Å². The van der Waals surface area contributed by atoms with E-state index in [0.29, 0.717) is 28.0 Å². The Morgan fingerprint density at radius 1 is 1.23 bits per heavy atom. The Morgan fingerprint density at radius 2 is 2.00 bits per heavy atom. The predicted octanol–water partition coefficient (Wildman–Crippen LogP) is 1.69. The molecule has 4 rings (SSSR count). The van der Waals surface area contributed by atoms with Crippen LogP contribution in [0.3, 0.4) is 0 Å². The van der Waals surface area contributed by atoms with Gasteiger partial charge in [0.25, 0.3) is 11.5 Å². The smallest absolute Gasteiger partial charge is 0.268 e. The van der Waals surface area contributed by atoms with Gasteiger partial charge in [0.2, 0.25) is 5.95 Å². The van der Waals surface area contributed by atoms with Crippen molar-refractivity contribution in [2.45, 2.75) is 19.4 Å². The quantitative estimate of drug-likeness (QED) is 0.690. The van der Waals surface area contributed by atoms with Crippen LogP contribution in [0.4, 0.5) is 11.6 Å². The molecule has 3 N–H and O–H groups in total. The number of aromatic nitrogens is 3. The molecule has 1 aromatic carbocycles. The number of hydrogen-bond donors (Lipinski definition) is 2. The van der Waals surface area contributed by atoms with Crippen LogP contribution in [-0.2, 0) is 11.8 Å². The molecule has 26 heavy (non-hydrogen) atoms. The highest BCUT2D eigenvalue weighted by molar-refractivity contribution is 6.00. The molecule has 3 heterocycles. The number of fused-ring (bicyclic) bond motifs is 2. The number of carbonyl (C=O) groups excluding carboxylic acids is 1. The maximum atomic E-state index is 12.2. The van der Waals surface area contributed by atoms with E-state index in [0.717, 1.165) is 5.56 Å². The van der Waals surface area contributed by atoms with Crippen molar-refractivity contribution in [1.82, 2.24) is 14.5 Å².